The molecule has 7 heteroatoms. The summed E-state index contributed by atoms with van der Waals surface area (Å²) in [6, 6.07) is 0. The minimum absolute atomic E-state index is 0.0728. The van der Waals surface area contributed by atoms with Crippen LogP contribution in [0, 0.1) is 11.6 Å². The Morgan fingerprint density at radius 1 is 1.47 bits per heavy atom. The zero-order valence-electron chi connectivity index (χ0n) is 8.84. The molecular weight excluding hydrogens is 242 g/mol. The van der Waals surface area contributed by atoms with Crippen LogP contribution in [0.15, 0.2) is 6.20 Å². The van der Waals surface area contributed by atoms with E-state index in [1.807, 2.05) is 0 Å². The van der Waals surface area contributed by atoms with Gasteiger partial charge in [0.25, 0.3) is 6.43 Å². The van der Waals surface area contributed by atoms with Gasteiger partial charge in [0.05, 0.1) is 30.5 Å². The smallest absolute Gasteiger partial charge is 0.311 e. The normalized spacial score (nSPS) is 10.7. The van der Waals surface area contributed by atoms with Gasteiger partial charge in [0.1, 0.15) is 0 Å². The first-order valence-electron chi connectivity index (χ1n) is 4.73. The largest absolute Gasteiger partial charge is 0.466 e. The fraction of sp³-hybridized carbons (Fsp3) is 0.400. The number of carbonyl (C=O) groups excluding carboxylic acids is 1. The lowest BCUT2D eigenvalue weighted by Gasteiger charge is -2.07. The highest BCUT2D eigenvalue weighted by atomic mass is 19.3. The summed E-state index contributed by atoms with van der Waals surface area (Å²) in [7, 11) is 0. The van der Waals surface area contributed by atoms with Gasteiger partial charge in [0.15, 0.2) is 11.6 Å². The molecule has 0 atom stereocenters. The second-order valence-corrected chi connectivity index (χ2v) is 3.06. The molecule has 1 aromatic rings. The molecular formula is C10H9F4NO2. The quantitative estimate of drug-likeness (QED) is 0.609. The molecule has 0 radical (unpaired) electrons. The molecule has 0 saturated heterocycles. The Morgan fingerprint density at radius 2 is 2.12 bits per heavy atom. The zero-order chi connectivity index (χ0) is 13.0. The van der Waals surface area contributed by atoms with E-state index < -0.39 is 41.7 Å². The number of halogens is 4. The maximum atomic E-state index is 13.4. The lowest BCUT2D eigenvalue weighted by atomic mass is 10.1. The first kappa shape index (κ1) is 13.4. The first-order chi connectivity index (χ1) is 7.97. The van der Waals surface area contributed by atoms with E-state index in [9.17, 15) is 22.4 Å². The number of nitrogens with zero attached hydrogens (tertiary/aromatic N) is 1. The highest BCUT2D eigenvalue weighted by Crippen LogP contribution is 2.26. The topological polar surface area (TPSA) is 39.2 Å². The summed E-state index contributed by atoms with van der Waals surface area (Å²) in [6.45, 7) is 1.61. The number of hydrogen-bond acceptors (Lipinski definition) is 3. The van der Waals surface area contributed by atoms with Crippen LogP contribution in [0.3, 0.4) is 0 Å². The number of pyridine rings is 1. The Balaban J connectivity index is 3.02. The molecule has 1 heterocycles. The SMILES string of the molecule is CCOC(=O)Cc1ncc(F)c(C(F)F)c1F. The van der Waals surface area contributed by atoms with Crippen molar-refractivity contribution >= 4 is 5.97 Å². The molecule has 0 fully saturated rings. The number of esters is 1. The number of rotatable bonds is 4. The molecule has 0 unspecified atom stereocenters. The van der Waals surface area contributed by atoms with Gasteiger partial charge in [-0.15, -0.1) is 0 Å². The van der Waals surface area contributed by atoms with Crippen molar-refractivity contribution < 1.29 is 27.1 Å². The molecule has 94 valence electrons. The van der Waals surface area contributed by atoms with Crippen molar-refractivity contribution in [2.24, 2.45) is 0 Å². The third-order valence-electron chi connectivity index (χ3n) is 1.92. The van der Waals surface area contributed by atoms with Crippen LogP contribution < -0.4 is 0 Å². The van der Waals surface area contributed by atoms with E-state index in [2.05, 4.69) is 9.72 Å². The van der Waals surface area contributed by atoms with Crippen LogP contribution in [-0.2, 0) is 16.0 Å². The van der Waals surface area contributed by atoms with Crippen molar-refractivity contribution in [1.82, 2.24) is 4.98 Å². The zero-order valence-corrected chi connectivity index (χ0v) is 8.84. The average Bonchev–Trinajstić information content (AvgIpc) is 2.22. The number of aromatic nitrogens is 1. The van der Waals surface area contributed by atoms with Gasteiger partial charge in [-0.3, -0.25) is 9.78 Å². The Kier molecular flexibility index (Phi) is 4.42. The lowest BCUT2D eigenvalue weighted by molar-refractivity contribution is -0.142. The summed E-state index contributed by atoms with van der Waals surface area (Å²) in [5.74, 6) is -3.76. The van der Waals surface area contributed by atoms with Crippen molar-refractivity contribution in [3.8, 4) is 0 Å². The van der Waals surface area contributed by atoms with Gasteiger partial charge in [-0.1, -0.05) is 0 Å². The summed E-state index contributed by atoms with van der Waals surface area (Å²) in [5.41, 5.74) is -1.93. The van der Waals surface area contributed by atoms with Crippen molar-refractivity contribution in [3.63, 3.8) is 0 Å². The van der Waals surface area contributed by atoms with E-state index in [1.54, 1.807) is 0 Å². The fourth-order valence-electron chi connectivity index (χ4n) is 1.19. The molecule has 0 N–H and O–H groups in total. The third kappa shape index (κ3) is 3.15. The highest BCUT2D eigenvalue weighted by molar-refractivity contribution is 5.72. The third-order valence-corrected chi connectivity index (χ3v) is 1.92. The molecule has 0 saturated carbocycles. The van der Waals surface area contributed by atoms with Gasteiger partial charge in [0.2, 0.25) is 0 Å². The Bertz CT molecular complexity index is 423. The maximum Gasteiger partial charge on any atom is 0.311 e. The highest BCUT2D eigenvalue weighted by Gasteiger charge is 2.23. The second-order valence-electron chi connectivity index (χ2n) is 3.06. The maximum absolute atomic E-state index is 13.4. The summed E-state index contributed by atoms with van der Waals surface area (Å²) in [5, 5.41) is 0. The molecule has 0 spiro atoms. The Hall–Kier alpha value is -1.66. The summed E-state index contributed by atoms with van der Waals surface area (Å²) < 4.78 is 55.4. The standard InChI is InChI=1S/C10H9F4NO2/c1-2-17-7(16)3-6-9(12)8(10(13)14)5(11)4-15-6/h4,10H,2-3H2,1H3. The molecule has 0 bridgehead atoms. The van der Waals surface area contributed by atoms with Crippen LogP contribution >= 0.6 is 0 Å². The summed E-state index contributed by atoms with van der Waals surface area (Å²) >= 11 is 0. The van der Waals surface area contributed by atoms with E-state index >= 15 is 0 Å². The van der Waals surface area contributed by atoms with Crippen molar-refractivity contribution in [2.75, 3.05) is 6.61 Å². The van der Waals surface area contributed by atoms with Crippen LogP contribution in [0.4, 0.5) is 17.6 Å². The summed E-state index contributed by atoms with van der Waals surface area (Å²) in [6.07, 6.45) is -3.46. The van der Waals surface area contributed by atoms with E-state index in [4.69, 9.17) is 0 Å². The molecule has 0 aliphatic rings. The fourth-order valence-corrected chi connectivity index (χ4v) is 1.19. The minimum Gasteiger partial charge on any atom is -0.466 e. The van der Waals surface area contributed by atoms with Crippen LogP contribution in [-0.4, -0.2) is 17.6 Å². The number of hydrogen-bond donors (Lipinski definition) is 0. The Labute approximate surface area is 94.4 Å². The first-order valence-corrected chi connectivity index (χ1v) is 4.73. The molecule has 0 amide bonds. The molecule has 17 heavy (non-hydrogen) atoms. The molecule has 0 aromatic carbocycles. The summed E-state index contributed by atoms with van der Waals surface area (Å²) in [4.78, 5) is 14.3. The van der Waals surface area contributed by atoms with E-state index in [0.29, 0.717) is 6.20 Å². The monoisotopic (exact) mass is 251 g/mol. The van der Waals surface area contributed by atoms with Crippen molar-refractivity contribution in [2.45, 2.75) is 19.8 Å². The van der Waals surface area contributed by atoms with Gasteiger partial charge in [-0.05, 0) is 6.92 Å². The number of ether oxygens (including phenoxy) is 1. The van der Waals surface area contributed by atoms with Crippen LogP contribution in [0.2, 0.25) is 0 Å². The molecule has 3 nitrogen and oxygen atoms in total. The van der Waals surface area contributed by atoms with E-state index in [1.165, 1.54) is 6.92 Å². The van der Waals surface area contributed by atoms with Crippen LogP contribution in [0.25, 0.3) is 0 Å². The van der Waals surface area contributed by atoms with E-state index in [0.717, 1.165) is 0 Å². The molecule has 1 aromatic heterocycles. The van der Waals surface area contributed by atoms with E-state index in [-0.39, 0.29) is 6.61 Å². The van der Waals surface area contributed by atoms with Gasteiger partial charge in [-0.25, -0.2) is 17.6 Å². The lowest BCUT2D eigenvalue weighted by Crippen LogP contribution is -2.12. The average molecular weight is 251 g/mol. The predicted molar refractivity (Wildman–Crippen MR) is 49.4 cm³/mol. The second kappa shape index (κ2) is 5.60. The van der Waals surface area contributed by atoms with Crippen LogP contribution in [0.1, 0.15) is 24.6 Å². The van der Waals surface area contributed by atoms with Crippen LogP contribution in [0.5, 0.6) is 0 Å². The predicted octanol–water partition coefficient (Wildman–Crippen LogP) is 2.40. The van der Waals surface area contributed by atoms with Gasteiger partial charge in [0, 0.05) is 0 Å². The van der Waals surface area contributed by atoms with Crippen molar-refractivity contribution in [3.05, 3.63) is 29.1 Å². The molecule has 0 aliphatic heterocycles. The van der Waals surface area contributed by atoms with Gasteiger partial charge < -0.3 is 4.74 Å². The number of alkyl halides is 2. The number of carbonyl (C=O) groups is 1. The van der Waals surface area contributed by atoms with Crippen molar-refractivity contribution in [1.29, 1.82) is 0 Å². The van der Waals surface area contributed by atoms with Gasteiger partial charge >= 0.3 is 5.97 Å². The van der Waals surface area contributed by atoms with Gasteiger partial charge in [-0.2, -0.15) is 0 Å². The minimum atomic E-state index is -3.31. The molecule has 1 rings (SSSR count). The molecule has 0 aliphatic carbocycles. The Morgan fingerprint density at radius 3 is 2.65 bits per heavy atom.